The third-order valence-corrected chi connectivity index (χ3v) is 2.91. The third kappa shape index (κ3) is 8.59. The molecule has 19 heavy (non-hydrogen) atoms. The van der Waals surface area contributed by atoms with Gasteiger partial charge in [-0.1, -0.05) is 20.3 Å². The third-order valence-electron chi connectivity index (χ3n) is 2.91. The van der Waals surface area contributed by atoms with Crippen molar-refractivity contribution in [3.05, 3.63) is 0 Å². The number of hydrogen-bond donors (Lipinski definition) is 2. The van der Waals surface area contributed by atoms with E-state index in [2.05, 4.69) is 10.6 Å². The number of hydrogen-bond acceptors (Lipinski definition) is 4. The predicted octanol–water partition coefficient (Wildman–Crippen LogP) is 1.61. The van der Waals surface area contributed by atoms with Crippen LogP contribution in [0.1, 0.15) is 53.4 Å². The zero-order valence-electron chi connectivity index (χ0n) is 12.6. The Hall–Kier alpha value is -1.10. The highest BCUT2D eigenvalue weighted by molar-refractivity contribution is 5.77. The van der Waals surface area contributed by atoms with Gasteiger partial charge in [0.15, 0.2) is 0 Å². The van der Waals surface area contributed by atoms with Crippen LogP contribution in [-0.2, 0) is 14.3 Å². The molecule has 0 radical (unpaired) electrons. The van der Waals surface area contributed by atoms with Crippen LogP contribution in [0.2, 0.25) is 0 Å². The van der Waals surface area contributed by atoms with Crippen molar-refractivity contribution in [2.24, 2.45) is 0 Å². The summed E-state index contributed by atoms with van der Waals surface area (Å²) in [6.45, 7) is 8.69. The first-order chi connectivity index (χ1) is 9.04. The summed E-state index contributed by atoms with van der Waals surface area (Å²) in [5.74, 6) is -0.215. The van der Waals surface area contributed by atoms with Crippen LogP contribution >= 0.6 is 0 Å². The Morgan fingerprint density at radius 3 is 2.42 bits per heavy atom. The standard InChI is InChI=1S/C14H28N2O3/c1-5-8-12(14(18)19-7-3)15-10-9-13(17)16-11(4)6-2/h11-12,15H,5-10H2,1-4H3,(H,16,17). The Labute approximate surface area is 116 Å². The van der Waals surface area contributed by atoms with E-state index in [4.69, 9.17) is 4.74 Å². The summed E-state index contributed by atoms with van der Waals surface area (Å²) in [4.78, 5) is 23.2. The van der Waals surface area contributed by atoms with Gasteiger partial charge in [-0.3, -0.25) is 9.59 Å². The highest BCUT2D eigenvalue weighted by atomic mass is 16.5. The maximum absolute atomic E-state index is 11.6. The van der Waals surface area contributed by atoms with Crippen molar-refractivity contribution >= 4 is 11.9 Å². The zero-order valence-corrected chi connectivity index (χ0v) is 12.6. The molecular weight excluding hydrogens is 244 g/mol. The van der Waals surface area contributed by atoms with Crippen molar-refractivity contribution in [3.8, 4) is 0 Å². The second kappa shape index (κ2) is 10.8. The van der Waals surface area contributed by atoms with Gasteiger partial charge in [0.25, 0.3) is 0 Å². The fraction of sp³-hybridized carbons (Fsp3) is 0.857. The molecule has 1 amide bonds. The largest absolute Gasteiger partial charge is 0.465 e. The Balaban J connectivity index is 3.98. The summed E-state index contributed by atoms with van der Waals surface area (Å²) in [7, 11) is 0. The fourth-order valence-corrected chi connectivity index (χ4v) is 1.64. The molecule has 0 aliphatic heterocycles. The molecule has 0 aromatic heterocycles. The summed E-state index contributed by atoms with van der Waals surface area (Å²) in [5, 5.41) is 5.99. The lowest BCUT2D eigenvalue weighted by atomic mass is 10.1. The Morgan fingerprint density at radius 1 is 1.21 bits per heavy atom. The molecule has 0 aromatic rings. The Bertz CT molecular complexity index is 269. The van der Waals surface area contributed by atoms with Gasteiger partial charge in [0.05, 0.1) is 6.61 Å². The van der Waals surface area contributed by atoms with Gasteiger partial charge in [-0.15, -0.1) is 0 Å². The fourth-order valence-electron chi connectivity index (χ4n) is 1.64. The molecule has 2 N–H and O–H groups in total. The van der Waals surface area contributed by atoms with Gasteiger partial charge in [0, 0.05) is 19.0 Å². The first-order valence-electron chi connectivity index (χ1n) is 7.24. The average Bonchev–Trinajstić information content (AvgIpc) is 2.37. The lowest BCUT2D eigenvalue weighted by molar-refractivity contribution is -0.146. The van der Waals surface area contributed by atoms with Crippen molar-refractivity contribution in [1.29, 1.82) is 0 Å². The van der Waals surface area contributed by atoms with E-state index in [0.29, 0.717) is 19.6 Å². The van der Waals surface area contributed by atoms with E-state index < -0.39 is 0 Å². The normalized spacial score (nSPS) is 13.7. The second-order valence-electron chi connectivity index (χ2n) is 4.67. The molecule has 0 bridgehead atoms. The van der Waals surface area contributed by atoms with Crippen LogP contribution in [-0.4, -0.2) is 37.1 Å². The number of rotatable bonds is 10. The lowest BCUT2D eigenvalue weighted by Gasteiger charge is -2.17. The summed E-state index contributed by atoms with van der Waals surface area (Å²) < 4.78 is 4.99. The number of carbonyl (C=O) groups is 2. The van der Waals surface area contributed by atoms with Crippen molar-refractivity contribution in [2.45, 2.75) is 65.5 Å². The number of ether oxygens (including phenoxy) is 1. The molecule has 0 saturated heterocycles. The first-order valence-corrected chi connectivity index (χ1v) is 7.24. The molecule has 5 nitrogen and oxygen atoms in total. The quantitative estimate of drug-likeness (QED) is 0.593. The smallest absolute Gasteiger partial charge is 0.323 e. The summed E-state index contributed by atoms with van der Waals surface area (Å²) in [5.41, 5.74) is 0. The highest BCUT2D eigenvalue weighted by Gasteiger charge is 2.18. The van der Waals surface area contributed by atoms with Crippen molar-refractivity contribution in [1.82, 2.24) is 10.6 Å². The van der Waals surface area contributed by atoms with Crippen molar-refractivity contribution in [3.63, 3.8) is 0 Å². The lowest BCUT2D eigenvalue weighted by Crippen LogP contribution is -2.41. The summed E-state index contributed by atoms with van der Waals surface area (Å²) in [6.07, 6.45) is 2.92. The molecule has 5 heteroatoms. The van der Waals surface area contributed by atoms with E-state index in [1.165, 1.54) is 0 Å². The van der Waals surface area contributed by atoms with E-state index in [1.54, 1.807) is 6.92 Å². The van der Waals surface area contributed by atoms with Gasteiger partial charge in [0.1, 0.15) is 6.04 Å². The van der Waals surface area contributed by atoms with E-state index in [1.807, 2.05) is 20.8 Å². The van der Waals surface area contributed by atoms with E-state index in [-0.39, 0.29) is 24.0 Å². The van der Waals surface area contributed by atoms with Gasteiger partial charge in [-0.05, 0) is 26.7 Å². The molecule has 0 aliphatic carbocycles. The molecule has 0 heterocycles. The SMILES string of the molecule is CCCC(NCCC(=O)NC(C)CC)C(=O)OCC. The maximum Gasteiger partial charge on any atom is 0.323 e. The predicted molar refractivity (Wildman–Crippen MR) is 75.8 cm³/mol. The molecule has 112 valence electrons. The number of amides is 1. The van der Waals surface area contributed by atoms with Crippen LogP contribution in [0.15, 0.2) is 0 Å². The number of carbonyl (C=O) groups excluding carboxylic acids is 2. The van der Waals surface area contributed by atoms with Gasteiger partial charge < -0.3 is 15.4 Å². The van der Waals surface area contributed by atoms with Crippen LogP contribution in [0.4, 0.5) is 0 Å². The molecule has 0 aliphatic rings. The highest BCUT2D eigenvalue weighted by Crippen LogP contribution is 2.00. The zero-order chi connectivity index (χ0) is 14.7. The number of nitrogens with one attached hydrogen (secondary N) is 2. The van der Waals surface area contributed by atoms with Crippen molar-refractivity contribution in [2.75, 3.05) is 13.2 Å². The van der Waals surface area contributed by atoms with Crippen LogP contribution in [0, 0.1) is 0 Å². The van der Waals surface area contributed by atoms with Crippen LogP contribution in [0.3, 0.4) is 0 Å². The van der Waals surface area contributed by atoms with Crippen LogP contribution in [0.25, 0.3) is 0 Å². The minimum absolute atomic E-state index is 0.0148. The molecule has 2 unspecified atom stereocenters. The molecule has 0 fully saturated rings. The van der Waals surface area contributed by atoms with Crippen LogP contribution < -0.4 is 10.6 Å². The summed E-state index contributed by atoms with van der Waals surface area (Å²) >= 11 is 0. The molecule has 0 spiro atoms. The topological polar surface area (TPSA) is 67.4 Å². The average molecular weight is 272 g/mol. The monoisotopic (exact) mass is 272 g/mol. The maximum atomic E-state index is 11.6. The van der Waals surface area contributed by atoms with Gasteiger partial charge >= 0.3 is 5.97 Å². The van der Waals surface area contributed by atoms with Crippen molar-refractivity contribution < 1.29 is 14.3 Å². The molecule has 0 saturated carbocycles. The van der Waals surface area contributed by atoms with Gasteiger partial charge in [-0.2, -0.15) is 0 Å². The van der Waals surface area contributed by atoms with E-state index in [9.17, 15) is 9.59 Å². The van der Waals surface area contributed by atoms with Gasteiger partial charge in [0.2, 0.25) is 5.91 Å². The van der Waals surface area contributed by atoms with Gasteiger partial charge in [-0.25, -0.2) is 0 Å². The molecule has 0 rings (SSSR count). The Morgan fingerprint density at radius 2 is 1.89 bits per heavy atom. The summed E-state index contributed by atoms with van der Waals surface area (Å²) in [6, 6.07) is -0.106. The van der Waals surface area contributed by atoms with E-state index >= 15 is 0 Å². The second-order valence-corrected chi connectivity index (χ2v) is 4.67. The molecular formula is C14H28N2O3. The number of esters is 1. The Kier molecular flexibility index (Phi) is 10.2. The van der Waals surface area contributed by atoms with Crippen LogP contribution in [0.5, 0.6) is 0 Å². The minimum Gasteiger partial charge on any atom is -0.465 e. The first kappa shape index (κ1) is 17.9. The molecule has 2 atom stereocenters. The minimum atomic E-state index is -0.304. The molecule has 0 aromatic carbocycles. The van der Waals surface area contributed by atoms with E-state index in [0.717, 1.165) is 19.3 Å².